The molecule has 4 nitrogen and oxygen atoms in total. The summed E-state index contributed by atoms with van der Waals surface area (Å²) < 4.78 is 0. The number of nitrogens with zero attached hydrogens (tertiary/aromatic N) is 2. The normalized spacial score (nSPS) is 11.7. The van der Waals surface area contributed by atoms with Gasteiger partial charge in [0.1, 0.15) is 6.54 Å². The molecule has 1 aromatic carbocycles. The Morgan fingerprint density at radius 2 is 1.89 bits per heavy atom. The van der Waals surface area contributed by atoms with E-state index in [1.165, 1.54) is 5.56 Å². The van der Waals surface area contributed by atoms with Crippen molar-refractivity contribution in [2.75, 3.05) is 18.0 Å². The number of carboxylic acid groups (broad SMARTS) is 1. The lowest BCUT2D eigenvalue weighted by molar-refractivity contribution is -0.140. The van der Waals surface area contributed by atoms with Crippen LogP contribution in [0.1, 0.15) is 23.6 Å². The monoisotopic (exact) mass is 260 g/mol. The van der Waals surface area contributed by atoms with E-state index in [-0.39, 0.29) is 6.54 Å². The summed E-state index contributed by atoms with van der Waals surface area (Å²) in [5, 5.41) is 18.0. The van der Waals surface area contributed by atoms with Crippen LogP contribution in [0.2, 0.25) is 0 Å². The molecule has 0 aliphatic rings. The number of carboxylic acids is 1. The van der Waals surface area contributed by atoms with Gasteiger partial charge in [-0.15, -0.1) is 0 Å². The minimum Gasteiger partial charge on any atom is -0.481 e. The Balaban J connectivity index is 3.13. The molecule has 1 rings (SSSR count). The van der Waals surface area contributed by atoms with Crippen molar-refractivity contribution in [1.29, 1.82) is 5.26 Å². The molecule has 0 radical (unpaired) electrons. The van der Waals surface area contributed by atoms with Crippen LogP contribution in [0.3, 0.4) is 0 Å². The fraction of sp³-hybridized carbons (Fsp3) is 0.467. The Morgan fingerprint density at radius 1 is 1.37 bits per heavy atom. The van der Waals surface area contributed by atoms with Gasteiger partial charge in [0.05, 0.1) is 12.0 Å². The highest BCUT2D eigenvalue weighted by Gasteiger charge is 2.19. The Bertz CT molecular complexity index is 494. The predicted octanol–water partition coefficient (Wildman–Crippen LogP) is 2.66. The van der Waals surface area contributed by atoms with Crippen LogP contribution in [0.4, 0.5) is 5.69 Å². The average molecular weight is 260 g/mol. The first-order chi connectivity index (χ1) is 8.86. The van der Waals surface area contributed by atoms with Gasteiger partial charge in [0.25, 0.3) is 0 Å². The Labute approximate surface area is 114 Å². The van der Waals surface area contributed by atoms with Crippen molar-refractivity contribution in [2.24, 2.45) is 5.92 Å². The van der Waals surface area contributed by atoms with Crippen LogP contribution in [0.25, 0.3) is 0 Å². The van der Waals surface area contributed by atoms with Gasteiger partial charge in [0, 0.05) is 12.2 Å². The second-order valence-corrected chi connectivity index (χ2v) is 5.03. The quantitative estimate of drug-likeness (QED) is 0.827. The lowest BCUT2D eigenvalue weighted by atomic mass is 10.0. The third-order valence-corrected chi connectivity index (χ3v) is 3.13. The number of hydrogen-bond acceptors (Lipinski definition) is 3. The third kappa shape index (κ3) is 3.72. The lowest BCUT2D eigenvalue weighted by Crippen LogP contribution is -2.33. The van der Waals surface area contributed by atoms with Crippen molar-refractivity contribution in [3.8, 4) is 6.07 Å². The van der Waals surface area contributed by atoms with E-state index in [4.69, 9.17) is 10.4 Å². The van der Waals surface area contributed by atoms with Gasteiger partial charge in [-0.3, -0.25) is 4.79 Å². The molecule has 1 aromatic rings. The number of hydrogen-bond donors (Lipinski definition) is 1. The lowest BCUT2D eigenvalue weighted by Gasteiger charge is -2.27. The van der Waals surface area contributed by atoms with Gasteiger partial charge in [0.2, 0.25) is 0 Å². The molecule has 1 N–H and O–H groups in total. The molecule has 0 saturated heterocycles. The van der Waals surface area contributed by atoms with Gasteiger partial charge < -0.3 is 10.0 Å². The smallest absolute Gasteiger partial charge is 0.308 e. The number of aryl methyl sites for hydroxylation is 3. The minimum atomic E-state index is -0.842. The van der Waals surface area contributed by atoms with E-state index in [0.717, 1.165) is 16.8 Å². The maximum absolute atomic E-state index is 11.0. The SMILES string of the molecule is Cc1cc(C)c(N(CC#N)CC(C)C(=O)O)c(C)c1. The maximum atomic E-state index is 11.0. The fourth-order valence-corrected chi connectivity index (χ4v) is 2.40. The zero-order chi connectivity index (χ0) is 14.6. The molecule has 0 saturated carbocycles. The first kappa shape index (κ1) is 15.0. The van der Waals surface area contributed by atoms with Crippen molar-refractivity contribution in [2.45, 2.75) is 27.7 Å². The molecule has 0 fully saturated rings. The summed E-state index contributed by atoms with van der Waals surface area (Å²) in [7, 11) is 0. The van der Waals surface area contributed by atoms with Crippen molar-refractivity contribution in [3.05, 3.63) is 28.8 Å². The van der Waals surface area contributed by atoms with Crippen LogP contribution in [0, 0.1) is 38.0 Å². The van der Waals surface area contributed by atoms with Crippen molar-refractivity contribution in [1.82, 2.24) is 0 Å². The van der Waals surface area contributed by atoms with Crippen LogP contribution >= 0.6 is 0 Å². The summed E-state index contributed by atoms with van der Waals surface area (Å²) in [6, 6.07) is 6.22. The Kier molecular flexibility index (Phi) is 4.94. The molecule has 102 valence electrons. The third-order valence-electron chi connectivity index (χ3n) is 3.13. The van der Waals surface area contributed by atoms with E-state index in [9.17, 15) is 4.79 Å². The molecule has 19 heavy (non-hydrogen) atoms. The van der Waals surface area contributed by atoms with E-state index < -0.39 is 11.9 Å². The van der Waals surface area contributed by atoms with Gasteiger partial charge in [-0.2, -0.15) is 5.26 Å². The second-order valence-electron chi connectivity index (χ2n) is 5.03. The van der Waals surface area contributed by atoms with Gasteiger partial charge in [0.15, 0.2) is 0 Å². The van der Waals surface area contributed by atoms with E-state index in [1.807, 2.05) is 25.7 Å². The Morgan fingerprint density at radius 3 is 2.32 bits per heavy atom. The minimum absolute atomic E-state index is 0.197. The highest BCUT2D eigenvalue weighted by Crippen LogP contribution is 2.26. The average Bonchev–Trinajstić information content (AvgIpc) is 2.27. The van der Waals surface area contributed by atoms with Gasteiger partial charge in [-0.05, 0) is 31.9 Å². The molecule has 0 aliphatic carbocycles. The number of anilines is 1. The van der Waals surface area contributed by atoms with Gasteiger partial charge >= 0.3 is 5.97 Å². The van der Waals surface area contributed by atoms with Crippen LogP contribution in [-0.2, 0) is 4.79 Å². The standard InChI is InChI=1S/C15H20N2O2/c1-10-7-11(2)14(12(3)8-10)17(6-5-16)9-13(4)15(18)19/h7-8,13H,6,9H2,1-4H3,(H,18,19). The summed E-state index contributed by atoms with van der Waals surface area (Å²) in [4.78, 5) is 12.8. The zero-order valence-corrected chi connectivity index (χ0v) is 11.9. The van der Waals surface area contributed by atoms with Crippen LogP contribution in [0.15, 0.2) is 12.1 Å². The number of carbonyl (C=O) groups is 1. The van der Waals surface area contributed by atoms with Crippen LogP contribution in [0.5, 0.6) is 0 Å². The molecule has 1 atom stereocenters. The second kappa shape index (κ2) is 6.24. The van der Waals surface area contributed by atoms with Crippen molar-refractivity contribution < 1.29 is 9.90 Å². The molecule has 4 heteroatoms. The summed E-state index contributed by atoms with van der Waals surface area (Å²) in [5.41, 5.74) is 4.29. The molecule has 0 aromatic heterocycles. The molecular weight excluding hydrogens is 240 g/mol. The topological polar surface area (TPSA) is 64.3 Å². The number of nitriles is 1. The largest absolute Gasteiger partial charge is 0.481 e. The van der Waals surface area contributed by atoms with E-state index >= 15 is 0 Å². The summed E-state index contributed by atoms with van der Waals surface area (Å²) in [6.45, 7) is 8.20. The Hall–Kier alpha value is -2.02. The highest BCUT2D eigenvalue weighted by molar-refractivity contribution is 5.71. The summed E-state index contributed by atoms with van der Waals surface area (Å²) >= 11 is 0. The molecule has 0 bridgehead atoms. The molecule has 0 amide bonds. The van der Waals surface area contributed by atoms with Gasteiger partial charge in [-0.1, -0.05) is 24.6 Å². The summed E-state index contributed by atoms with van der Waals surface area (Å²) in [6.07, 6.45) is 0. The molecule has 0 aliphatic heterocycles. The first-order valence-corrected chi connectivity index (χ1v) is 6.29. The molecule has 0 spiro atoms. The van der Waals surface area contributed by atoms with E-state index in [1.54, 1.807) is 6.92 Å². The van der Waals surface area contributed by atoms with E-state index in [0.29, 0.717) is 6.54 Å². The highest BCUT2D eigenvalue weighted by atomic mass is 16.4. The maximum Gasteiger partial charge on any atom is 0.308 e. The fourth-order valence-electron chi connectivity index (χ4n) is 2.40. The number of benzene rings is 1. The zero-order valence-electron chi connectivity index (χ0n) is 11.9. The predicted molar refractivity (Wildman–Crippen MR) is 75.3 cm³/mol. The number of rotatable bonds is 5. The van der Waals surface area contributed by atoms with Crippen LogP contribution < -0.4 is 4.90 Å². The first-order valence-electron chi connectivity index (χ1n) is 6.29. The molecular formula is C15H20N2O2. The molecule has 1 unspecified atom stereocenters. The van der Waals surface area contributed by atoms with Crippen molar-refractivity contribution >= 4 is 11.7 Å². The van der Waals surface area contributed by atoms with Crippen LogP contribution in [-0.4, -0.2) is 24.2 Å². The summed E-state index contributed by atoms with van der Waals surface area (Å²) in [5.74, 6) is -1.35. The van der Waals surface area contributed by atoms with E-state index in [2.05, 4.69) is 18.2 Å². The molecule has 0 heterocycles. The van der Waals surface area contributed by atoms with Gasteiger partial charge in [-0.25, -0.2) is 0 Å². The van der Waals surface area contributed by atoms with Crippen molar-refractivity contribution in [3.63, 3.8) is 0 Å². The number of aliphatic carboxylic acids is 1.